The molecule has 2 amide bonds. The van der Waals surface area contributed by atoms with Gasteiger partial charge in [0.05, 0.1) is 25.8 Å². The third-order valence-electron chi connectivity index (χ3n) is 4.72. The fourth-order valence-electron chi connectivity index (χ4n) is 3.29. The zero-order valence-electron chi connectivity index (χ0n) is 15.9. The monoisotopic (exact) mass is 369 g/mol. The van der Waals surface area contributed by atoms with E-state index in [-0.39, 0.29) is 18.2 Å². The first kappa shape index (κ1) is 18.7. The number of methoxy groups -OCH3 is 2. The highest BCUT2D eigenvalue weighted by Gasteiger charge is 2.38. The molecule has 27 heavy (non-hydrogen) atoms. The zero-order valence-corrected chi connectivity index (χ0v) is 15.9. The summed E-state index contributed by atoms with van der Waals surface area (Å²) in [5, 5.41) is 0. The van der Waals surface area contributed by atoms with Crippen molar-refractivity contribution in [3.05, 3.63) is 42.1 Å². The first-order chi connectivity index (χ1) is 13.0. The topological polar surface area (TPSA) is 72.0 Å². The molecule has 0 aliphatic carbocycles. The maximum absolute atomic E-state index is 13.0. The van der Waals surface area contributed by atoms with Crippen LogP contribution in [0.25, 0.3) is 0 Å². The molecule has 1 aromatic heterocycles. The van der Waals surface area contributed by atoms with Gasteiger partial charge in [-0.15, -0.1) is 0 Å². The van der Waals surface area contributed by atoms with Crippen LogP contribution < -0.4 is 19.3 Å². The Balaban J connectivity index is 1.83. The van der Waals surface area contributed by atoms with E-state index in [0.717, 1.165) is 5.56 Å². The van der Waals surface area contributed by atoms with Gasteiger partial charge in [-0.05, 0) is 36.8 Å². The molecule has 0 bridgehead atoms. The van der Waals surface area contributed by atoms with Gasteiger partial charge in [0.15, 0.2) is 11.6 Å². The normalized spacial score (nSPS) is 16.4. The second-order valence-corrected chi connectivity index (χ2v) is 6.51. The second kappa shape index (κ2) is 7.65. The maximum Gasteiger partial charge on any atom is 0.233 e. The molecule has 142 valence electrons. The van der Waals surface area contributed by atoms with Gasteiger partial charge in [-0.3, -0.25) is 14.5 Å². The van der Waals surface area contributed by atoms with Crippen LogP contribution in [0.1, 0.15) is 12.0 Å². The number of rotatable bonds is 5. The van der Waals surface area contributed by atoms with Crippen LogP contribution in [0.2, 0.25) is 0 Å². The summed E-state index contributed by atoms with van der Waals surface area (Å²) in [5.41, 5.74) is 1.71. The van der Waals surface area contributed by atoms with Crippen LogP contribution in [0.4, 0.5) is 11.5 Å². The number of aryl methyl sites for hydroxylation is 1. The molecule has 1 aliphatic rings. The summed E-state index contributed by atoms with van der Waals surface area (Å²) in [4.78, 5) is 32.9. The molecule has 1 unspecified atom stereocenters. The van der Waals surface area contributed by atoms with Crippen molar-refractivity contribution < 1.29 is 19.1 Å². The molecule has 2 heterocycles. The molecule has 3 rings (SSSR count). The molecule has 0 spiro atoms. The van der Waals surface area contributed by atoms with Crippen LogP contribution in [0.3, 0.4) is 0 Å². The van der Waals surface area contributed by atoms with Crippen molar-refractivity contribution in [1.82, 2.24) is 4.98 Å². The van der Waals surface area contributed by atoms with Crippen LogP contribution in [0.5, 0.6) is 11.5 Å². The standard InChI is InChI=1S/C20H23N3O4/c1-13-7-8-16(26-3)15(10-13)23-12-14(11-18(23)24)20(25)22(2)19-17(27-4)6-5-9-21-19/h5-10,14H,11-12H2,1-4H3. The summed E-state index contributed by atoms with van der Waals surface area (Å²) < 4.78 is 10.7. The highest BCUT2D eigenvalue weighted by Crippen LogP contribution is 2.35. The third kappa shape index (κ3) is 3.58. The smallest absolute Gasteiger partial charge is 0.233 e. The number of benzene rings is 1. The Bertz CT molecular complexity index is 868. The van der Waals surface area contributed by atoms with Gasteiger partial charge in [-0.25, -0.2) is 4.98 Å². The third-order valence-corrected chi connectivity index (χ3v) is 4.72. The Morgan fingerprint density at radius 2 is 1.96 bits per heavy atom. The predicted octanol–water partition coefficient (Wildman–Crippen LogP) is 2.42. The summed E-state index contributed by atoms with van der Waals surface area (Å²) in [5.74, 6) is 0.827. The Morgan fingerprint density at radius 3 is 2.67 bits per heavy atom. The van der Waals surface area contributed by atoms with Crippen LogP contribution in [0.15, 0.2) is 36.5 Å². The molecular formula is C20H23N3O4. The van der Waals surface area contributed by atoms with Crippen LogP contribution in [-0.4, -0.2) is 44.6 Å². The minimum Gasteiger partial charge on any atom is -0.495 e. The van der Waals surface area contributed by atoms with Crippen molar-refractivity contribution in [2.24, 2.45) is 5.92 Å². The fraction of sp³-hybridized carbons (Fsp3) is 0.350. The molecule has 7 nitrogen and oxygen atoms in total. The molecule has 1 atom stereocenters. The molecule has 0 N–H and O–H groups in total. The molecule has 1 aromatic carbocycles. The van der Waals surface area contributed by atoms with Crippen LogP contribution >= 0.6 is 0 Å². The minimum atomic E-state index is -0.459. The Hall–Kier alpha value is -3.09. The average Bonchev–Trinajstić information content (AvgIpc) is 3.08. The van der Waals surface area contributed by atoms with E-state index in [9.17, 15) is 9.59 Å². The van der Waals surface area contributed by atoms with E-state index in [1.54, 1.807) is 37.4 Å². The van der Waals surface area contributed by atoms with Crippen molar-refractivity contribution in [3.63, 3.8) is 0 Å². The van der Waals surface area contributed by atoms with Gasteiger partial charge in [-0.1, -0.05) is 6.07 Å². The highest BCUT2D eigenvalue weighted by molar-refractivity contribution is 6.05. The van der Waals surface area contributed by atoms with Gasteiger partial charge in [-0.2, -0.15) is 0 Å². The molecule has 1 saturated heterocycles. The van der Waals surface area contributed by atoms with Crippen molar-refractivity contribution >= 4 is 23.3 Å². The molecular weight excluding hydrogens is 346 g/mol. The molecule has 0 saturated carbocycles. The number of carbonyl (C=O) groups is 2. The first-order valence-electron chi connectivity index (χ1n) is 8.67. The number of hydrogen-bond donors (Lipinski definition) is 0. The summed E-state index contributed by atoms with van der Waals surface area (Å²) in [7, 11) is 4.75. The molecule has 2 aromatic rings. The van der Waals surface area contributed by atoms with E-state index in [1.807, 2.05) is 25.1 Å². The first-order valence-corrected chi connectivity index (χ1v) is 8.67. The van der Waals surface area contributed by atoms with Gasteiger partial charge < -0.3 is 14.4 Å². The van der Waals surface area contributed by atoms with Crippen molar-refractivity contribution in [1.29, 1.82) is 0 Å². The lowest BCUT2D eigenvalue weighted by Gasteiger charge is -2.23. The largest absolute Gasteiger partial charge is 0.495 e. The van der Waals surface area contributed by atoms with Gasteiger partial charge in [0.25, 0.3) is 0 Å². The number of nitrogens with zero attached hydrogens (tertiary/aromatic N) is 3. The SMILES string of the molecule is COc1ccc(C)cc1N1CC(C(=O)N(C)c2ncccc2OC)CC1=O. The minimum absolute atomic E-state index is 0.0985. The number of ether oxygens (including phenoxy) is 2. The summed E-state index contributed by atoms with van der Waals surface area (Å²) in [6, 6.07) is 9.14. The Morgan fingerprint density at radius 1 is 1.22 bits per heavy atom. The lowest BCUT2D eigenvalue weighted by atomic mass is 10.1. The number of hydrogen-bond acceptors (Lipinski definition) is 5. The molecule has 1 fully saturated rings. The maximum atomic E-state index is 13.0. The number of carbonyl (C=O) groups excluding carboxylic acids is 2. The molecule has 1 aliphatic heterocycles. The quantitative estimate of drug-likeness (QED) is 0.809. The van der Waals surface area contributed by atoms with Crippen molar-refractivity contribution in [2.45, 2.75) is 13.3 Å². The number of amides is 2. The van der Waals surface area contributed by atoms with E-state index in [2.05, 4.69) is 4.98 Å². The van der Waals surface area contributed by atoms with Crippen molar-refractivity contribution in [3.8, 4) is 11.5 Å². The van der Waals surface area contributed by atoms with Crippen molar-refractivity contribution in [2.75, 3.05) is 37.6 Å². The summed E-state index contributed by atoms with van der Waals surface area (Å²) >= 11 is 0. The Kier molecular flexibility index (Phi) is 5.30. The van der Waals surface area contributed by atoms with Gasteiger partial charge in [0.2, 0.25) is 11.8 Å². The van der Waals surface area contributed by atoms with Gasteiger partial charge in [0.1, 0.15) is 5.75 Å². The van der Waals surface area contributed by atoms with E-state index in [0.29, 0.717) is 29.5 Å². The highest BCUT2D eigenvalue weighted by atomic mass is 16.5. The number of aromatic nitrogens is 1. The molecule has 0 radical (unpaired) electrons. The van der Waals surface area contributed by atoms with Gasteiger partial charge in [0, 0.05) is 26.2 Å². The van der Waals surface area contributed by atoms with Crippen LogP contribution in [0, 0.1) is 12.8 Å². The Labute approximate surface area is 158 Å². The lowest BCUT2D eigenvalue weighted by Crippen LogP contribution is -2.35. The molecule has 7 heteroatoms. The zero-order chi connectivity index (χ0) is 19.6. The van der Waals surface area contributed by atoms with E-state index in [1.165, 1.54) is 12.0 Å². The average molecular weight is 369 g/mol. The second-order valence-electron chi connectivity index (χ2n) is 6.51. The van der Waals surface area contributed by atoms with E-state index >= 15 is 0 Å². The summed E-state index contributed by atoms with van der Waals surface area (Å²) in [6.45, 7) is 2.25. The van der Waals surface area contributed by atoms with Crippen LogP contribution in [-0.2, 0) is 9.59 Å². The number of pyridine rings is 1. The fourth-order valence-corrected chi connectivity index (χ4v) is 3.29. The van der Waals surface area contributed by atoms with Gasteiger partial charge >= 0.3 is 0 Å². The van der Waals surface area contributed by atoms with E-state index < -0.39 is 5.92 Å². The summed E-state index contributed by atoms with van der Waals surface area (Å²) in [6.07, 6.45) is 1.75. The number of anilines is 2. The van der Waals surface area contributed by atoms with E-state index in [4.69, 9.17) is 9.47 Å². The predicted molar refractivity (Wildman–Crippen MR) is 102 cm³/mol. The lowest BCUT2D eigenvalue weighted by molar-refractivity contribution is -0.124.